The van der Waals surface area contributed by atoms with Crippen LogP contribution in [0.15, 0.2) is 0 Å². The van der Waals surface area contributed by atoms with Crippen molar-refractivity contribution in [2.45, 2.75) is 69.5 Å². The highest BCUT2D eigenvalue weighted by atomic mass is 16.3. The Hall–Kier alpha value is -0.160. The molecule has 3 rings (SSSR count). The van der Waals surface area contributed by atoms with Crippen LogP contribution in [0.25, 0.3) is 0 Å². The summed E-state index contributed by atoms with van der Waals surface area (Å²) in [7, 11) is 0. The Bertz CT molecular complexity index is 328. The molecule has 2 N–H and O–H groups in total. The molecule has 2 aliphatic heterocycles. The maximum atomic E-state index is 9.70. The highest BCUT2D eigenvalue weighted by Crippen LogP contribution is 2.25. The van der Waals surface area contributed by atoms with E-state index in [1.807, 2.05) is 0 Å². The van der Waals surface area contributed by atoms with Gasteiger partial charge in [-0.05, 0) is 65.1 Å². The van der Waals surface area contributed by atoms with Gasteiger partial charge in [-0.25, -0.2) is 0 Å². The van der Waals surface area contributed by atoms with Gasteiger partial charge in [0.2, 0.25) is 0 Å². The van der Waals surface area contributed by atoms with Crippen LogP contribution in [0.3, 0.4) is 0 Å². The fourth-order valence-electron chi connectivity index (χ4n) is 3.92. The number of hydrogen-bond acceptors (Lipinski definition) is 4. The smallest absolute Gasteiger partial charge is 0.0611 e. The molecule has 2 heterocycles. The summed E-state index contributed by atoms with van der Waals surface area (Å²) in [5, 5.41) is 13.3. The van der Waals surface area contributed by atoms with Gasteiger partial charge in [0.05, 0.1) is 6.61 Å². The summed E-state index contributed by atoms with van der Waals surface area (Å²) < 4.78 is 0. The van der Waals surface area contributed by atoms with Crippen molar-refractivity contribution in [2.75, 3.05) is 39.3 Å². The van der Waals surface area contributed by atoms with Crippen molar-refractivity contribution in [3.8, 4) is 0 Å². The second-order valence-corrected chi connectivity index (χ2v) is 7.73. The minimum atomic E-state index is -0.0790. The third-order valence-corrected chi connectivity index (χ3v) is 5.61. The summed E-state index contributed by atoms with van der Waals surface area (Å²) in [4.78, 5) is 5.33. The van der Waals surface area contributed by atoms with Crippen LogP contribution in [0.5, 0.6) is 0 Å². The van der Waals surface area contributed by atoms with Gasteiger partial charge in [0.15, 0.2) is 0 Å². The van der Waals surface area contributed by atoms with Gasteiger partial charge >= 0.3 is 0 Å². The van der Waals surface area contributed by atoms with E-state index in [1.54, 1.807) is 0 Å². The Balaban J connectivity index is 1.41. The van der Waals surface area contributed by atoms with Gasteiger partial charge in [-0.3, -0.25) is 4.90 Å². The molecule has 2 saturated heterocycles. The molecule has 0 bridgehead atoms. The largest absolute Gasteiger partial charge is 0.394 e. The van der Waals surface area contributed by atoms with E-state index in [4.69, 9.17) is 0 Å². The average molecular weight is 295 g/mol. The monoisotopic (exact) mass is 295 g/mol. The molecule has 21 heavy (non-hydrogen) atoms. The second kappa shape index (κ2) is 6.95. The molecule has 2 atom stereocenters. The van der Waals surface area contributed by atoms with Crippen LogP contribution >= 0.6 is 0 Å². The van der Waals surface area contributed by atoms with Crippen LogP contribution in [0.2, 0.25) is 0 Å². The maximum absolute atomic E-state index is 9.70. The molecule has 0 radical (unpaired) electrons. The molecular weight excluding hydrogens is 262 g/mol. The number of aliphatic hydroxyl groups is 1. The topological polar surface area (TPSA) is 38.7 Å². The van der Waals surface area contributed by atoms with E-state index in [2.05, 4.69) is 22.0 Å². The lowest BCUT2D eigenvalue weighted by atomic mass is 9.98. The summed E-state index contributed by atoms with van der Waals surface area (Å²) >= 11 is 0. The van der Waals surface area contributed by atoms with Crippen LogP contribution in [0.4, 0.5) is 0 Å². The Morgan fingerprint density at radius 1 is 1.10 bits per heavy atom. The highest BCUT2D eigenvalue weighted by molar-refractivity contribution is 4.93. The van der Waals surface area contributed by atoms with E-state index in [0.717, 1.165) is 19.0 Å². The molecule has 4 heteroatoms. The zero-order chi connectivity index (χ0) is 14.7. The van der Waals surface area contributed by atoms with Crippen molar-refractivity contribution in [3.05, 3.63) is 0 Å². The number of aliphatic hydroxyl groups excluding tert-OH is 1. The van der Waals surface area contributed by atoms with Crippen LogP contribution in [-0.2, 0) is 0 Å². The second-order valence-electron chi connectivity index (χ2n) is 7.73. The van der Waals surface area contributed by atoms with Crippen LogP contribution < -0.4 is 5.32 Å². The van der Waals surface area contributed by atoms with Crippen molar-refractivity contribution in [1.29, 1.82) is 0 Å². The third-order valence-electron chi connectivity index (χ3n) is 5.61. The van der Waals surface area contributed by atoms with Crippen molar-refractivity contribution < 1.29 is 5.11 Å². The molecule has 2 unspecified atom stereocenters. The molecule has 1 saturated carbocycles. The van der Waals surface area contributed by atoms with E-state index in [-0.39, 0.29) is 12.1 Å². The Morgan fingerprint density at radius 3 is 2.52 bits per heavy atom. The molecule has 0 aromatic rings. The molecule has 0 aromatic carbocycles. The van der Waals surface area contributed by atoms with Crippen molar-refractivity contribution in [1.82, 2.24) is 15.1 Å². The fraction of sp³-hybridized carbons (Fsp3) is 1.00. The van der Waals surface area contributed by atoms with Gasteiger partial charge in [-0.2, -0.15) is 0 Å². The number of nitrogens with zero attached hydrogens (tertiary/aromatic N) is 2. The molecular formula is C17H33N3O. The van der Waals surface area contributed by atoms with E-state index >= 15 is 0 Å². The first-order valence-corrected chi connectivity index (χ1v) is 9.03. The summed E-state index contributed by atoms with van der Waals surface area (Å²) in [5.74, 6) is 0. The lowest BCUT2D eigenvalue weighted by Crippen LogP contribution is -2.49. The predicted molar refractivity (Wildman–Crippen MR) is 86.5 cm³/mol. The predicted octanol–water partition coefficient (Wildman–Crippen LogP) is 1.44. The molecule has 122 valence electrons. The quantitative estimate of drug-likeness (QED) is 0.745. The van der Waals surface area contributed by atoms with E-state index in [0.29, 0.717) is 6.04 Å². The van der Waals surface area contributed by atoms with Gasteiger partial charge in [0, 0.05) is 30.7 Å². The number of rotatable bonds is 7. The summed E-state index contributed by atoms with van der Waals surface area (Å²) in [6, 6.07) is 1.46. The Kier molecular flexibility index (Phi) is 5.20. The Labute approximate surface area is 129 Å². The highest BCUT2D eigenvalue weighted by Gasteiger charge is 2.34. The van der Waals surface area contributed by atoms with E-state index < -0.39 is 0 Å². The number of nitrogens with one attached hydrogen (secondary N) is 1. The maximum Gasteiger partial charge on any atom is 0.0611 e. The van der Waals surface area contributed by atoms with Crippen LogP contribution in [0.1, 0.15) is 51.9 Å². The molecule has 0 spiro atoms. The summed E-state index contributed by atoms with van der Waals surface area (Å²) in [6.45, 7) is 8.68. The standard InChI is InChI=1S/C17H33N3O/c1-17(14-21,18-15-5-6-15)8-12-19-11-7-16(13-19)20-9-3-2-4-10-20/h15-16,18,21H,2-14H2,1H3. The Morgan fingerprint density at radius 2 is 1.86 bits per heavy atom. The summed E-state index contributed by atoms with van der Waals surface area (Å²) in [5.41, 5.74) is -0.0790. The van der Waals surface area contributed by atoms with Gasteiger partial charge in [0.1, 0.15) is 0 Å². The zero-order valence-electron chi connectivity index (χ0n) is 13.7. The van der Waals surface area contributed by atoms with Gasteiger partial charge in [0.25, 0.3) is 0 Å². The molecule has 3 fully saturated rings. The number of piperidine rings is 1. The molecule has 3 aliphatic rings. The third kappa shape index (κ3) is 4.41. The van der Waals surface area contributed by atoms with Gasteiger partial charge in [-0.1, -0.05) is 6.42 Å². The minimum absolute atomic E-state index is 0.0790. The average Bonchev–Trinajstić information content (AvgIpc) is 3.19. The lowest BCUT2D eigenvalue weighted by Gasteiger charge is -2.33. The SMILES string of the molecule is CC(CO)(CCN1CCC(N2CCCCC2)C1)NC1CC1. The fourth-order valence-corrected chi connectivity index (χ4v) is 3.92. The van der Waals surface area contributed by atoms with Gasteiger partial charge < -0.3 is 15.3 Å². The van der Waals surface area contributed by atoms with Crippen molar-refractivity contribution in [2.24, 2.45) is 0 Å². The first-order valence-electron chi connectivity index (χ1n) is 9.03. The summed E-state index contributed by atoms with van der Waals surface area (Å²) in [6.07, 6.45) is 9.19. The number of likely N-dealkylation sites (tertiary alicyclic amines) is 2. The zero-order valence-corrected chi connectivity index (χ0v) is 13.7. The van der Waals surface area contributed by atoms with E-state index in [1.165, 1.54) is 64.7 Å². The first-order chi connectivity index (χ1) is 10.2. The molecule has 0 amide bonds. The number of hydrogen-bond donors (Lipinski definition) is 2. The van der Waals surface area contributed by atoms with Crippen LogP contribution in [-0.4, -0.2) is 71.9 Å². The van der Waals surface area contributed by atoms with Crippen LogP contribution in [0, 0.1) is 0 Å². The molecule has 0 aromatic heterocycles. The normalized spacial score (nSPS) is 31.4. The molecule has 4 nitrogen and oxygen atoms in total. The molecule has 1 aliphatic carbocycles. The van der Waals surface area contributed by atoms with Crippen molar-refractivity contribution in [3.63, 3.8) is 0 Å². The minimum Gasteiger partial charge on any atom is -0.394 e. The van der Waals surface area contributed by atoms with Gasteiger partial charge in [-0.15, -0.1) is 0 Å². The lowest BCUT2D eigenvalue weighted by molar-refractivity contribution is 0.139. The van der Waals surface area contributed by atoms with E-state index in [9.17, 15) is 5.11 Å². The first kappa shape index (κ1) is 15.7. The van der Waals surface area contributed by atoms with Crippen molar-refractivity contribution >= 4 is 0 Å².